The van der Waals surface area contributed by atoms with Crippen molar-refractivity contribution in [3.8, 4) is 0 Å². The van der Waals surface area contributed by atoms with E-state index < -0.39 is 0 Å². The van der Waals surface area contributed by atoms with E-state index in [1.54, 1.807) is 7.11 Å². The highest BCUT2D eigenvalue weighted by Gasteiger charge is 2.18. The fourth-order valence-corrected chi connectivity index (χ4v) is 1.87. The van der Waals surface area contributed by atoms with E-state index in [4.69, 9.17) is 4.74 Å². The molecule has 0 aliphatic carbocycles. The molecule has 1 unspecified atom stereocenters. The van der Waals surface area contributed by atoms with Crippen LogP contribution in [-0.4, -0.2) is 23.6 Å². The fraction of sp³-hybridized carbons (Fsp3) is 0.714. The zero-order valence-corrected chi connectivity index (χ0v) is 12.2. The van der Waals surface area contributed by atoms with Gasteiger partial charge in [0, 0.05) is 19.9 Å². The van der Waals surface area contributed by atoms with Crippen molar-refractivity contribution < 1.29 is 4.74 Å². The molecule has 1 N–H and O–H groups in total. The summed E-state index contributed by atoms with van der Waals surface area (Å²) in [6.07, 6.45) is 2.99. The maximum Gasteiger partial charge on any atom is 0.157 e. The van der Waals surface area contributed by atoms with Crippen molar-refractivity contribution in [1.29, 1.82) is 0 Å². The maximum absolute atomic E-state index is 5.47. The molecule has 0 bridgehead atoms. The molecule has 1 atom stereocenters. The number of aryl methyl sites for hydroxylation is 1. The number of ether oxygens (including phenoxy) is 1. The quantitative estimate of drug-likeness (QED) is 0.757. The molecule has 1 rings (SSSR count). The number of hydrogen-bond donors (Lipinski definition) is 1. The lowest BCUT2D eigenvalue weighted by atomic mass is 10.1. The Hall–Kier alpha value is -1.00. The van der Waals surface area contributed by atoms with E-state index in [-0.39, 0.29) is 6.10 Å². The van der Waals surface area contributed by atoms with Crippen LogP contribution in [0.3, 0.4) is 0 Å². The zero-order valence-electron chi connectivity index (χ0n) is 12.2. The van der Waals surface area contributed by atoms with Crippen LogP contribution in [-0.2, 0) is 11.3 Å². The van der Waals surface area contributed by atoms with Gasteiger partial charge in [0.05, 0.1) is 5.69 Å². The lowest BCUT2D eigenvalue weighted by Gasteiger charge is -2.18. The molecule has 0 aliphatic heterocycles. The Labute approximate surface area is 110 Å². The largest absolute Gasteiger partial charge is 0.373 e. The van der Waals surface area contributed by atoms with Crippen molar-refractivity contribution in [2.45, 2.75) is 46.8 Å². The van der Waals surface area contributed by atoms with Gasteiger partial charge in [-0.3, -0.25) is 0 Å². The predicted octanol–water partition coefficient (Wildman–Crippen LogP) is 2.63. The van der Waals surface area contributed by atoms with E-state index in [2.05, 4.69) is 36.1 Å². The fourth-order valence-electron chi connectivity index (χ4n) is 1.87. The van der Waals surface area contributed by atoms with Crippen LogP contribution >= 0.6 is 0 Å². The van der Waals surface area contributed by atoms with Crippen molar-refractivity contribution in [3.05, 3.63) is 23.3 Å². The lowest BCUT2D eigenvalue weighted by Crippen LogP contribution is -2.19. The predicted molar refractivity (Wildman–Crippen MR) is 73.4 cm³/mol. The molecule has 1 aromatic heterocycles. The Morgan fingerprint density at radius 1 is 1.39 bits per heavy atom. The number of nitrogens with zero attached hydrogens (tertiary/aromatic N) is 2. The summed E-state index contributed by atoms with van der Waals surface area (Å²) in [5.41, 5.74) is 2.19. The highest BCUT2D eigenvalue weighted by Crippen LogP contribution is 2.22. The van der Waals surface area contributed by atoms with Gasteiger partial charge in [-0.25, -0.2) is 9.97 Å². The Balaban J connectivity index is 2.85. The molecule has 1 heterocycles. The number of rotatable bonds is 7. The van der Waals surface area contributed by atoms with Crippen molar-refractivity contribution in [3.63, 3.8) is 0 Å². The zero-order chi connectivity index (χ0) is 13.5. The van der Waals surface area contributed by atoms with Gasteiger partial charge in [-0.15, -0.1) is 0 Å². The van der Waals surface area contributed by atoms with E-state index in [1.165, 1.54) is 0 Å². The standard InChI is InChI=1S/C14H25N3O/c1-6-7-15-9-12-11(4)8-16-14(17-12)13(18-5)10(2)3/h8,10,13,15H,6-7,9H2,1-5H3. The van der Waals surface area contributed by atoms with E-state index in [0.717, 1.165) is 36.6 Å². The second-order valence-electron chi connectivity index (χ2n) is 4.94. The normalized spacial score (nSPS) is 13.0. The number of nitrogens with one attached hydrogen (secondary N) is 1. The molecule has 18 heavy (non-hydrogen) atoms. The summed E-state index contributed by atoms with van der Waals surface area (Å²) in [4.78, 5) is 9.03. The summed E-state index contributed by atoms with van der Waals surface area (Å²) in [5, 5.41) is 3.37. The second kappa shape index (κ2) is 7.44. The average molecular weight is 251 g/mol. The van der Waals surface area contributed by atoms with Gasteiger partial charge in [-0.2, -0.15) is 0 Å². The van der Waals surface area contributed by atoms with Crippen molar-refractivity contribution >= 4 is 0 Å². The van der Waals surface area contributed by atoms with Crippen molar-refractivity contribution in [2.24, 2.45) is 5.92 Å². The van der Waals surface area contributed by atoms with Gasteiger partial charge in [-0.1, -0.05) is 20.8 Å². The molecule has 0 fully saturated rings. The second-order valence-corrected chi connectivity index (χ2v) is 4.94. The number of aromatic nitrogens is 2. The van der Waals surface area contributed by atoms with Crippen LogP contribution < -0.4 is 5.32 Å². The van der Waals surface area contributed by atoms with Crippen LogP contribution in [0.15, 0.2) is 6.20 Å². The van der Waals surface area contributed by atoms with E-state index in [9.17, 15) is 0 Å². The maximum atomic E-state index is 5.47. The van der Waals surface area contributed by atoms with Crippen molar-refractivity contribution in [2.75, 3.05) is 13.7 Å². The minimum atomic E-state index is -0.0319. The highest BCUT2D eigenvalue weighted by atomic mass is 16.5. The molecule has 4 nitrogen and oxygen atoms in total. The van der Waals surface area contributed by atoms with Gasteiger partial charge in [0.25, 0.3) is 0 Å². The Morgan fingerprint density at radius 2 is 2.11 bits per heavy atom. The first-order valence-electron chi connectivity index (χ1n) is 6.66. The van der Waals surface area contributed by atoms with Gasteiger partial charge in [0.15, 0.2) is 5.82 Å². The van der Waals surface area contributed by atoms with Gasteiger partial charge >= 0.3 is 0 Å². The molecule has 0 amide bonds. The smallest absolute Gasteiger partial charge is 0.157 e. The molecule has 0 saturated heterocycles. The molecular weight excluding hydrogens is 226 g/mol. The first kappa shape index (κ1) is 15.1. The Morgan fingerprint density at radius 3 is 2.67 bits per heavy atom. The molecule has 1 aromatic rings. The van der Waals surface area contributed by atoms with Gasteiger partial charge in [0.1, 0.15) is 6.10 Å². The Kier molecular flexibility index (Phi) is 6.22. The van der Waals surface area contributed by atoms with Crippen LogP contribution in [0.25, 0.3) is 0 Å². The first-order valence-corrected chi connectivity index (χ1v) is 6.66. The lowest BCUT2D eigenvalue weighted by molar-refractivity contribution is 0.0572. The average Bonchev–Trinajstić information content (AvgIpc) is 2.33. The SMILES string of the molecule is CCCNCc1nc(C(OC)C(C)C)ncc1C. The van der Waals surface area contributed by atoms with Crippen LogP contribution in [0.1, 0.15) is 50.4 Å². The number of methoxy groups -OCH3 is 1. The van der Waals surface area contributed by atoms with Crippen LogP contribution in [0.2, 0.25) is 0 Å². The van der Waals surface area contributed by atoms with Crippen LogP contribution in [0.4, 0.5) is 0 Å². The molecular formula is C14H25N3O. The van der Waals surface area contributed by atoms with E-state index in [1.807, 2.05) is 13.1 Å². The molecule has 0 saturated carbocycles. The van der Waals surface area contributed by atoms with Gasteiger partial charge < -0.3 is 10.1 Å². The third-order valence-corrected chi connectivity index (χ3v) is 2.93. The summed E-state index contributed by atoms with van der Waals surface area (Å²) >= 11 is 0. The van der Waals surface area contributed by atoms with Gasteiger partial charge in [0.2, 0.25) is 0 Å². The first-order chi connectivity index (χ1) is 8.60. The minimum absolute atomic E-state index is 0.0319. The summed E-state index contributed by atoms with van der Waals surface area (Å²) < 4.78 is 5.47. The third-order valence-electron chi connectivity index (χ3n) is 2.93. The molecule has 0 aliphatic rings. The molecule has 0 radical (unpaired) electrons. The summed E-state index contributed by atoms with van der Waals surface area (Å²) in [6, 6.07) is 0. The number of hydrogen-bond acceptors (Lipinski definition) is 4. The monoisotopic (exact) mass is 251 g/mol. The minimum Gasteiger partial charge on any atom is -0.373 e. The van der Waals surface area contributed by atoms with Crippen molar-refractivity contribution in [1.82, 2.24) is 15.3 Å². The highest BCUT2D eigenvalue weighted by molar-refractivity contribution is 5.16. The van der Waals surface area contributed by atoms with E-state index >= 15 is 0 Å². The molecule has 4 heteroatoms. The Bertz CT molecular complexity index is 366. The summed E-state index contributed by atoms with van der Waals surface area (Å²) in [6.45, 7) is 10.2. The van der Waals surface area contributed by atoms with Crippen LogP contribution in [0.5, 0.6) is 0 Å². The molecule has 102 valence electrons. The summed E-state index contributed by atoms with van der Waals surface area (Å²) in [7, 11) is 1.71. The topological polar surface area (TPSA) is 47.0 Å². The summed E-state index contributed by atoms with van der Waals surface area (Å²) in [5.74, 6) is 1.15. The molecule has 0 spiro atoms. The van der Waals surface area contributed by atoms with Gasteiger partial charge in [-0.05, 0) is 31.4 Å². The third kappa shape index (κ3) is 4.03. The van der Waals surface area contributed by atoms with Crippen LogP contribution in [0, 0.1) is 12.8 Å². The van der Waals surface area contributed by atoms with E-state index in [0.29, 0.717) is 5.92 Å². The molecule has 0 aromatic carbocycles.